The Morgan fingerprint density at radius 2 is 1.65 bits per heavy atom. The first-order valence-electron chi connectivity index (χ1n) is 9.36. The van der Waals surface area contributed by atoms with Gasteiger partial charge in [0.25, 0.3) is 0 Å². The van der Waals surface area contributed by atoms with E-state index in [-0.39, 0.29) is 6.54 Å². The number of aryl methyl sites for hydroxylation is 1. The Balaban J connectivity index is 0.00000163. The van der Waals surface area contributed by atoms with Gasteiger partial charge < -0.3 is 5.11 Å². The number of hydrogen-bond donors (Lipinski definition) is 1. The molecule has 2 aromatic rings. The molecule has 0 fully saturated rings. The molecule has 0 bridgehead atoms. The van der Waals surface area contributed by atoms with Crippen molar-refractivity contribution in [1.29, 1.82) is 0 Å². The van der Waals surface area contributed by atoms with Crippen molar-refractivity contribution in [2.75, 3.05) is 20.1 Å². The van der Waals surface area contributed by atoms with Crippen molar-refractivity contribution in [2.45, 2.75) is 33.6 Å². The van der Waals surface area contributed by atoms with Crippen LogP contribution in [-0.4, -0.2) is 36.1 Å². The molecule has 0 aliphatic rings. The molecule has 0 atom stereocenters. The van der Waals surface area contributed by atoms with Gasteiger partial charge in [-0.25, -0.2) is 0 Å². The Bertz CT molecular complexity index is 692. The highest BCUT2D eigenvalue weighted by Crippen LogP contribution is 2.27. The molecule has 26 heavy (non-hydrogen) atoms. The van der Waals surface area contributed by atoms with E-state index in [4.69, 9.17) is 5.11 Å². The second-order valence-corrected chi connectivity index (χ2v) is 5.91. The van der Waals surface area contributed by atoms with Gasteiger partial charge in [0.2, 0.25) is 0 Å². The molecule has 0 amide bonds. The van der Waals surface area contributed by atoms with Crippen molar-refractivity contribution in [3.8, 4) is 0 Å². The molecule has 0 radical (unpaired) electrons. The van der Waals surface area contributed by atoms with Crippen LogP contribution in [0.3, 0.4) is 0 Å². The van der Waals surface area contributed by atoms with Crippen molar-refractivity contribution >= 4 is 11.5 Å². The van der Waals surface area contributed by atoms with E-state index in [0.29, 0.717) is 0 Å². The highest BCUT2D eigenvalue weighted by Gasteiger charge is 2.09. The second kappa shape index (κ2) is 12.0. The average Bonchev–Trinajstić information content (AvgIpc) is 2.67. The van der Waals surface area contributed by atoms with Crippen LogP contribution in [0.1, 0.15) is 43.9 Å². The number of rotatable bonds is 8. The van der Waals surface area contributed by atoms with Crippen LogP contribution >= 0.6 is 0 Å². The summed E-state index contributed by atoms with van der Waals surface area (Å²) in [5, 5.41) is 8.86. The van der Waals surface area contributed by atoms with E-state index in [9.17, 15) is 4.79 Å². The summed E-state index contributed by atoms with van der Waals surface area (Å²) >= 11 is 0. The van der Waals surface area contributed by atoms with Gasteiger partial charge in [-0.3, -0.25) is 9.69 Å². The lowest BCUT2D eigenvalue weighted by Gasteiger charge is -2.15. The van der Waals surface area contributed by atoms with Gasteiger partial charge >= 0.3 is 5.97 Å². The molecule has 2 aromatic carbocycles. The summed E-state index contributed by atoms with van der Waals surface area (Å²) in [6.45, 7) is 6.96. The van der Waals surface area contributed by atoms with E-state index in [2.05, 4.69) is 49.4 Å². The van der Waals surface area contributed by atoms with E-state index >= 15 is 0 Å². The lowest BCUT2D eigenvalue weighted by atomic mass is 9.92. The van der Waals surface area contributed by atoms with Crippen LogP contribution in [0.15, 0.2) is 60.7 Å². The standard InChI is InChI=1S/C21H25NO2.C2H6/c1-3-17-10-7-8-13-19(17)20(18-11-5-4-6-12-18)14-9-15-22(2)16-21(23)24;1-2/h4-8,10-14H,3,9,15-16H2,1-2H3,(H,23,24);1-2H3/b20-14+;. The number of hydrogen-bond acceptors (Lipinski definition) is 2. The smallest absolute Gasteiger partial charge is 0.317 e. The van der Waals surface area contributed by atoms with Crippen molar-refractivity contribution < 1.29 is 9.90 Å². The first-order chi connectivity index (χ1) is 12.6. The SMILES string of the molecule is CC.CCc1ccccc1/C(=C/CCN(C)CC(=O)O)c1ccccc1. The monoisotopic (exact) mass is 353 g/mol. The maximum absolute atomic E-state index is 10.8. The van der Waals surface area contributed by atoms with E-state index in [1.54, 1.807) is 0 Å². The molecule has 0 aromatic heterocycles. The van der Waals surface area contributed by atoms with Crippen LogP contribution < -0.4 is 0 Å². The Labute approximate surface area is 158 Å². The fourth-order valence-corrected chi connectivity index (χ4v) is 2.83. The number of likely N-dealkylation sites (N-methyl/N-ethyl adjacent to an activating group) is 1. The molecule has 140 valence electrons. The largest absolute Gasteiger partial charge is 0.480 e. The molecule has 3 nitrogen and oxygen atoms in total. The lowest BCUT2D eigenvalue weighted by molar-refractivity contribution is -0.137. The zero-order valence-corrected chi connectivity index (χ0v) is 16.4. The summed E-state index contributed by atoms with van der Waals surface area (Å²) in [6, 6.07) is 18.9. The zero-order chi connectivity index (χ0) is 19.4. The van der Waals surface area contributed by atoms with Gasteiger partial charge in [0, 0.05) is 6.54 Å². The minimum Gasteiger partial charge on any atom is -0.480 e. The minimum atomic E-state index is -0.791. The molecular formula is C23H31NO2. The van der Waals surface area contributed by atoms with Crippen molar-refractivity contribution in [1.82, 2.24) is 4.90 Å². The molecule has 0 spiro atoms. The molecule has 0 saturated carbocycles. The van der Waals surface area contributed by atoms with E-state index in [0.717, 1.165) is 19.4 Å². The van der Waals surface area contributed by atoms with Crippen LogP contribution in [0.25, 0.3) is 5.57 Å². The van der Waals surface area contributed by atoms with Gasteiger partial charge in [0.05, 0.1) is 6.54 Å². The molecule has 1 N–H and O–H groups in total. The third-order valence-corrected chi connectivity index (χ3v) is 4.04. The number of aliphatic carboxylic acids is 1. The zero-order valence-electron chi connectivity index (χ0n) is 16.4. The van der Waals surface area contributed by atoms with Crippen LogP contribution in [0.2, 0.25) is 0 Å². The van der Waals surface area contributed by atoms with E-state index < -0.39 is 5.97 Å². The predicted molar refractivity (Wildman–Crippen MR) is 110 cm³/mol. The number of nitrogens with zero attached hydrogens (tertiary/aromatic N) is 1. The van der Waals surface area contributed by atoms with Gasteiger partial charge in [-0.2, -0.15) is 0 Å². The molecule has 0 heterocycles. The summed E-state index contributed by atoms with van der Waals surface area (Å²) in [6.07, 6.45) is 4.02. The summed E-state index contributed by atoms with van der Waals surface area (Å²) in [5.74, 6) is -0.791. The second-order valence-electron chi connectivity index (χ2n) is 5.91. The van der Waals surface area contributed by atoms with E-state index in [1.807, 2.05) is 44.0 Å². The molecular weight excluding hydrogens is 322 g/mol. The normalized spacial score (nSPS) is 11.0. The average molecular weight is 354 g/mol. The van der Waals surface area contributed by atoms with Gasteiger partial charge in [-0.1, -0.05) is 81.4 Å². The Hall–Kier alpha value is -2.39. The number of carboxylic acid groups (broad SMARTS) is 1. The number of benzene rings is 2. The minimum absolute atomic E-state index is 0.0695. The molecule has 0 saturated heterocycles. The van der Waals surface area contributed by atoms with Crippen molar-refractivity contribution in [3.05, 3.63) is 77.4 Å². The summed E-state index contributed by atoms with van der Waals surface area (Å²) < 4.78 is 0. The molecule has 0 aliphatic heterocycles. The Morgan fingerprint density at radius 3 is 2.27 bits per heavy atom. The van der Waals surface area contributed by atoms with Crippen LogP contribution in [0.5, 0.6) is 0 Å². The molecule has 3 heteroatoms. The van der Waals surface area contributed by atoms with Gasteiger partial charge in [-0.15, -0.1) is 0 Å². The third kappa shape index (κ3) is 6.85. The topological polar surface area (TPSA) is 40.5 Å². The highest BCUT2D eigenvalue weighted by molar-refractivity contribution is 5.81. The van der Waals surface area contributed by atoms with Crippen LogP contribution in [0, 0.1) is 0 Å². The lowest BCUT2D eigenvalue weighted by Crippen LogP contribution is -2.26. The Kier molecular flexibility index (Phi) is 10.0. The van der Waals surface area contributed by atoms with E-state index in [1.165, 1.54) is 22.3 Å². The first-order valence-corrected chi connectivity index (χ1v) is 9.36. The van der Waals surface area contributed by atoms with Gasteiger partial charge in [0.1, 0.15) is 0 Å². The summed E-state index contributed by atoms with van der Waals surface area (Å²) in [4.78, 5) is 12.6. The summed E-state index contributed by atoms with van der Waals surface area (Å²) in [7, 11) is 1.84. The van der Waals surface area contributed by atoms with Crippen molar-refractivity contribution in [3.63, 3.8) is 0 Å². The maximum Gasteiger partial charge on any atom is 0.317 e. The molecule has 0 unspecified atom stereocenters. The number of carboxylic acids is 1. The maximum atomic E-state index is 10.8. The van der Waals surface area contributed by atoms with Gasteiger partial charge in [0.15, 0.2) is 0 Å². The Morgan fingerprint density at radius 1 is 1.04 bits per heavy atom. The quantitative estimate of drug-likeness (QED) is 0.716. The fraction of sp³-hybridized carbons (Fsp3) is 0.348. The third-order valence-electron chi connectivity index (χ3n) is 4.04. The first kappa shape index (κ1) is 21.7. The van der Waals surface area contributed by atoms with Crippen LogP contribution in [-0.2, 0) is 11.2 Å². The fourth-order valence-electron chi connectivity index (χ4n) is 2.83. The summed E-state index contributed by atoms with van der Waals surface area (Å²) in [5.41, 5.74) is 5.00. The molecule has 0 aliphatic carbocycles. The predicted octanol–water partition coefficient (Wildman–Crippen LogP) is 5.11. The molecule has 2 rings (SSSR count). The highest BCUT2D eigenvalue weighted by atomic mass is 16.4. The van der Waals surface area contributed by atoms with Gasteiger partial charge in [-0.05, 0) is 42.2 Å². The van der Waals surface area contributed by atoms with Crippen LogP contribution in [0.4, 0.5) is 0 Å². The number of carbonyl (C=O) groups is 1. The van der Waals surface area contributed by atoms with Crippen molar-refractivity contribution in [2.24, 2.45) is 0 Å².